The van der Waals surface area contributed by atoms with Crippen molar-refractivity contribution in [1.82, 2.24) is 0 Å². The number of hydrogen-bond donors (Lipinski definition) is 1. The number of aliphatic hydroxyl groups is 1. The first kappa shape index (κ1) is 21.6. The number of benzene rings is 1. The van der Waals surface area contributed by atoms with Crippen LogP contribution in [0.15, 0.2) is 30.3 Å². The largest absolute Gasteiger partial charge is 0.413 e. The molecule has 2 rings (SSSR count). The zero-order valence-electron chi connectivity index (χ0n) is 17.7. The van der Waals surface area contributed by atoms with Gasteiger partial charge in [0.25, 0.3) is 0 Å². The maximum absolute atomic E-state index is 10.9. The van der Waals surface area contributed by atoms with Crippen LogP contribution in [0.25, 0.3) is 0 Å². The molecule has 26 heavy (non-hydrogen) atoms. The Kier molecular flexibility index (Phi) is 7.11. The lowest BCUT2D eigenvalue weighted by molar-refractivity contribution is -0.0851. The van der Waals surface area contributed by atoms with Crippen LogP contribution in [-0.4, -0.2) is 31.2 Å². The summed E-state index contributed by atoms with van der Waals surface area (Å²) in [4.78, 5) is 0. The van der Waals surface area contributed by atoms with Gasteiger partial charge in [-0.1, -0.05) is 71.9 Å². The van der Waals surface area contributed by atoms with Crippen LogP contribution in [-0.2, 0) is 15.8 Å². The van der Waals surface area contributed by atoms with E-state index in [-0.39, 0.29) is 12.2 Å². The highest BCUT2D eigenvalue weighted by Gasteiger charge is 2.51. The zero-order valence-corrected chi connectivity index (χ0v) is 18.7. The Morgan fingerprint density at radius 2 is 1.58 bits per heavy atom. The van der Waals surface area contributed by atoms with Crippen LogP contribution in [0.5, 0.6) is 0 Å². The summed E-state index contributed by atoms with van der Waals surface area (Å²) in [6, 6.07) is 10.2. The van der Waals surface area contributed by atoms with Gasteiger partial charge in [0.05, 0.1) is 24.4 Å². The van der Waals surface area contributed by atoms with Crippen molar-refractivity contribution in [2.24, 2.45) is 0 Å². The van der Waals surface area contributed by atoms with E-state index in [4.69, 9.17) is 9.16 Å². The fourth-order valence-corrected chi connectivity index (χ4v) is 10.5. The van der Waals surface area contributed by atoms with Gasteiger partial charge in [-0.3, -0.25) is 0 Å². The highest BCUT2D eigenvalue weighted by atomic mass is 28.4. The van der Waals surface area contributed by atoms with Gasteiger partial charge < -0.3 is 14.3 Å². The molecule has 0 aliphatic heterocycles. The van der Waals surface area contributed by atoms with Gasteiger partial charge >= 0.3 is 0 Å². The molecule has 3 atom stereocenters. The Balaban J connectivity index is 2.07. The Hall–Kier alpha value is -0.683. The molecule has 148 valence electrons. The molecule has 3 nitrogen and oxygen atoms in total. The summed E-state index contributed by atoms with van der Waals surface area (Å²) < 4.78 is 13.0. The lowest BCUT2D eigenvalue weighted by atomic mass is 10.0. The minimum Gasteiger partial charge on any atom is -0.413 e. The van der Waals surface area contributed by atoms with E-state index in [1.54, 1.807) is 0 Å². The van der Waals surface area contributed by atoms with E-state index in [9.17, 15) is 5.11 Å². The van der Waals surface area contributed by atoms with E-state index < -0.39 is 13.9 Å². The minimum absolute atomic E-state index is 0.0876. The summed E-state index contributed by atoms with van der Waals surface area (Å²) >= 11 is 0. The molecule has 3 unspecified atom stereocenters. The molecule has 1 aromatic carbocycles. The van der Waals surface area contributed by atoms with Crippen molar-refractivity contribution in [2.45, 2.75) is 102 Å². The molecule has 1 aliphatic rings. The summed E-state index contributed by atoms with van der Waals surface area (Å²) in [6.07, 6.45) is 1.35. The fourth-order valence-electron chi connectivity index (χ4n) is 4.97. The second-order valence-corrected chi connectivity index (χ2v) is 14.5. The van der Waals surface area contributed by atoms with Crippen LogP contribution >= 0.6 is 0 Å². The Bertz CT molecular complexity index is 532. The molecule has 0 aromatic heterocycles. The van der Waals surface area contributed by atoms with E-state index in [1.165, 1.54) is 0 Å². The van der Waals surface area contributed by atoms with Gasteiger partial charge in [-0.2, -0.15) is 0 Å². The molecule has 0 spiro atoms. The lowest BCUT2D eigenvalue weighted by Crippen LogP contribution is -2.50. The van der Waals surface area contributed by atoms with E-state index >= 15 is 0 Å². The summed E-state index contributed by atoms with van der Waals surface area (Å²) in [6.45, 7) is 16.3. The highest BCUT2D eigenvalue weighted by molar-refractivity contribution is 6.77. The minimum atomic E-state index is -1.94. The van der Waals surface area contributed by atoms with Crippen LogP contribution in [0.2, 0.25) is 16.6 Å². The van der Waals surface area contributed by atoms with Gasteiger partial charge in [0.1, 0.15) is 0 Å². The molecule has 0 heterocycles. The molecular formula is C22H38O3Si. The predicted octanol–water partition coefficient (Wildman–Crippen LogP) is 5.68. The van der Waals surface area contributed by atoms with Gasteiger partial charge in [0, 0.05) is 12.8 Å². The van der Waals surface area contributed by atoms with E-state index in [0.29, 0.717) is 29.7 Å². The van der Waals surface area contributed by atoms with Gasteiger partial charge in [0.2, 0.25) is 8.32 Å². The van der Waals surface area contributed by atoms with Crippen molar-refractivity contribution < 1.29 is 14.3 Å². The second kappa shape index (κ2) is 8.55. The quantitative estimate of drug-likeness (QED) is 0.592. The smallest absolute Gasteiger partial charge is 0.200 e. The average molecular weight is 379 g/mol. The molecule has 0 bridgehead atoms. The standard InChI is InChI=1S/C22H38O3Si/c1-16(2)26(17(3)4,18(5)6)25-20-13-21(22(7,23)14-20)24-15-19-11-9-8-10-12-19/h8-12,16-18,20-21,23H,13-15H2,1-7H3. The third kappa shape index (κ3) is 4.59. The first-order chi connectivity index (χ1) is 12.1. The number of ether oxygens (including phenoxy) is 1. The van der Waals surface area contributed by atoms with E-state index in [2.05, 4.69) is 53.7 Å². The van der Waals surface area contributed by atoms with Gasteiger partial charge in [-0.25, -0.2) is 0 Å². The molecule has 0 saturated heterocycles. The van der Waals surface area contributed by atoms with Crippen LogP contribution in [0, 0.1) is 0 Å². The Morgan fingerprint density at radius 1 is 1.04 bits per heavy atom. The summed E-state index contributed by atoms with van der Waals surface area (Å²) in [5.74, 6) is 0. The van der Waals surface area contributed by atoms with Crippen LogP contribution in [0.3, 0.4) is 0 Å². The van der Waals surface area contributed by atoms with Crippen LogP contribution in [0.4, 0.5) is 0 Å². The van der Waals surface area contributed by atoms with E-state index in [1.807, 2.05) is 25.1 Å². The summed E-state index contributed by atoms with van der Waals surface area (Å²) in [7, 11) is -1.94. The third-order valence-corrected chi connectivity index (χ3v) is 12.3. The van der Waals surface area contributed by atoms with Crippen molar-refractivity contribution in [3.63, 3.8) is 0 Å². The van der Waals surface area contributed by atoms with Crippen molar-refractivity contribution in [1.29, 1.82) is 0 Å². The molecule has 1 fully saturated rings. The van der Waals surface area contributed by atoms with Crippen LogP contribution in [0.1, 0.15) is 66.9 Å². The summed E-state index contributed by atoms with van der Waals surface area (Å²) in [5, 5.41) is 10.9. The Labute approximate surface area is 161 Å². The molecule has 1 saturated carbocycles. The van der Waals surface area contributed by atoms with Gasteiger partial charge in [-0.05, 0) is 29.1 Å². The van der Waals surface area contributed by atoms with Crippen molar-refractivity contribution >= 4 is 8.32 Å². The van der Waals surface area contributed by atoms with E-state index in [0.717, 1.165) is 12.0 Å². The van der Waals surface area contributed by atoms with Crippen molar-refractivity contribution in [3.05, 3.63) is 35.9 Å². The number of hydrogen-bond acceptors (Lipinski definition) is 3. The molecule has 1 N–H and O–H groups in total. The molecule has 1 aromatic rings. The van der Waals surface area contributed by atoms with Crippen molar-refractivity contribution in [2.75, 3.05) is 0 Å². The SMILES string of the molecule is CC(C)[Si](OC1CC(OCc2ccccc2)C(C)(O)C1)(C(C)C)C(C)C. The summed E-state index contributed by atoms with van der Waals surface area (Å²) in [5.41, 5.74) is 1.97. The second-order valence-electron chi connectivity index (χ2n) is 9.14. The first-order valence-corrected chi connectivity index (χ1v) is 12.3. The van der Waals surface area contributed by atoms with Crippen molar-refractivity contribution in [3.8, 4) is 0 Å². The molecule has 0 radical (unpaired) electrons. The normalized spacial score (nSPS) is 27.0. The highest BCUT2D eigenvalue weighted by Crippen LogP contribution is 2.46. The van der Waals surface area contributed by atoms with Crippen LogP contribution < -0.4 is 0 Å². The fraction of sp³-hybridized carbons (Fsp3) is 0.727. The number of rotatable bonds is 8. The van der Waals surface area contributed by atoms with Gasteiger partial charge in [-0.15, -0.1) is 0 Å². The molecular weight excluding hydrogens is 340 g/mol. The lowest BCUT2D eigenvalue weighted by Gasteiger charge is -2.44. The van der Waals surface area contributed by atoms with Gasteiger partial charge in [0.15, 0.2) is 0 Å². The molecule has 0 amide bonds. The molecule has 4 heteroatoms. The Morgan fingerprint density at radius 3 is 2.08 bits per heavy atom. The monoisotopic (exact) mass is 378 g/mol. The maximum Gasteiger partial charge on any atom is 0.200 e. The molecule has 1 aliphatic carbocycles. The topological polar surface area (TPSA) is 38.7 Å². The maximum atomic E-state index is 10.9. The first-order valence-electron chi connectivity index (χ1n) is 10.1. The zero-order chi connectivity index (χ0) is 19.5. The third-order valence-electron chi connectivity index (χ3n) is 6.18. The predicted molar refractivity (Wildman–Crippen MR) is 111 cm³/mol. The average Bonchev–Trinajstić information content (AvgIpc) is 2.84.